The van der Waals surface area contributed by atoms with Crippen molar-refractivity contribution < 1.29 is 19.4 Å². The minimum Gasteiger partial charge on any atom is -0.506 e. The zero-order chi connectivity index (χ0) is 20.8. The summed E-state index contributed by atoms with van der Waals surface area (Å²) in [6.45, 7) is -0.474. The molecule has 5 nitrogen and oxygen atoms in total. The Morgan fingerprint density at radius 2 is 1.48 bits per heavy atom. The molecule has 0 radical (unpaired) electrons. The minimum absolute atomic E-state index is 0.0401. The molecule has 0 spiro atoms. The van der Waals surface area contributed by atoms with Gasteiger partial charge in [0, 0.05) is 4.47 Å². The van der Waals surface area contributed by atoms with Crippen LogP contribution >= 0.6 is 31.9 Å². The summed E-state index contributed by atoms with van der Waals surface area (Å²) in [4.78, 5) is 24.8. The molecule has 0 heterocycles. The van der Waals surface area contributed by atoms with Gasteiger partial charge in [0.2, 0.25) is 0 Å². The summed E-state index contributed by atoms with van der Waals surface area (Å²) in [5.41, 5.74) is 1.78. The molecule has 148 valence electrons. The van der Waals surface area contributed by atoms with Crippen LogP contribution in [0.15, 0.2) is 81.7 Å². The number of ether oxygens (including phenoxy) is 1. The average molecular weight is 519 g/mol. The van der Waals surface area contributed by atoms with Crippen LogP contribution in [0.25, 0.3) is 0 Å². The Balaban J connectivity index is 1.70. The van der Waals surface area contributed by atoms with E-state index in [0.29, 0.717) is 8.95 Å². The smallest absolute Gasteiger partial charge is 0.342 e. The molecule has 0 saturated heterocycles. The molecule has 0 aromatic heterocycles. The number of carbonyl (C=O) groups is 2. The van der Waals surface area contributed by atoms with Crippen LogP contribution in [-0.4, -0.2) is 23.6 Å². The third-order valence-electron chi connectivity index (χ3n) is 4.15. The number of amides is 1. The summed E-state index contributed by atoms with van der Waals surface area (Å²) in [6.07, 6.45) is 0. The molecule has 0 aliphatic heterocycles. The number of carbonyl (C=O) groups excluding carboxylic acids is 2. The summed E-state index contributed by atoms with van der Waals surface area (Å²) in [5.74, 6) is -1.50. The number of hydrogen-bond acceptors (Lipinski definition) is 4. The molecule has 3 aromatic carbocycles. The highest BCUT2D eigenvalue weighted by atomic mass is 79.9. The van der Waals surface area contributed by atoms with Gasteiger partial charge in [0.05, 0.1) is 10.5 Å². The van der Waals surface area contributed by atoms with E-state index < -0.39 is 18.5 Å². The number of aromatic hydroxyl groups is 1. The largest absolute Gasteiger partial charge is 0.506 e. The molecule has 29 heavy (non-hydrogen) atoms. The van der Waals surface area contributed by atoms with Crippen LogP contribution in [0.4, 0.5) is 0 Å². The van der Waals surface area contributed by atoms with Gasteiger partial charge in [-0.2, -0.15) is 0 Å². The first kappa shape index (κ1) is 21.1. The van der Waals surface area contributed by atoms with Crippen molar-refractivity contribution in [3.63, 3.8) is 0 Å². The Hall–Kier alpha value is -2.64. The van der Waals surface area contributed by atoms with Gasteiger partial charge in [0.15, 0.2) is 6.61 Å². The second-order valence-electron chi connectivity index (χ2n) is 6.18. The van der Waals surface area contributed by atoms with Crippen LogP contribution in [0.3, 0.4) is 0 Å². The summed E-state index contributed by atoms with van der Waals surface area (Å²) in [5, 5.41) is 12.9. The van der Waals surface area contributed by atoms with Gasteiger partial charge in [-0.05, 0) is 39.2 Å². The second-order valence-corrected chi connectivity index (χ2v) is 7.95. The van der Waals surface area contributed by atoms with Crippen LogP contribution in [0, 0.1) is 0 Å². The fourth-order valence-corrected chi connectivity index (χ4v) is 4.01. The number of benzene rings is 3. The zero-order valence-corrected chi connectivity index (χ0v) is 18.3. The fourth-order valence-electron chi connectivity index (χ4n) is 2.78. The maximum atomic E-state index is 12.5. The maximum absolute atomic E-state index is 12.5. The number of hydrogen-bond donors (Lipinski definition) is 2. The van der Waals surface area contributed by atoms with Crippen molar-refractivity contribution in [2.24, 2.45) is 0 Å². The van der Waals surface area contributed by atoms with Crippen LogP contribution < -0.4 is 5.32 Å². The Kier molecular flexibility index (Phi) is 7.06. The Bertz CT molecular complexity index is 971. The predicted octanol–water partition coefficient (Wildman–Crippen LogP) is 4.98. The van der Waals surface area contributed by atoms with Gasteiger partial charge in [0.1, 0.15) is 11.3 Å². The standard InChI is InChI=1S/C22H17Br2NO4/c23-16-11-17(21(27)18(24)12-16)22(28)29-13-19(26)25-20(14-7-3-1-4-8-14)15-9-5-2-6-10-15/h1-12,20,27H,13H2,(H,25,26). The van der Waals surface area contributed by atoms with Gasteiger partial charge in [-0.1, -0.05) is 76.6 Å². The summed E-state index contributed by atoms with van der Waals surface area (Å²) in [6, 6.07) is 21.7. The SMILES string of the molecule is O=C(COC(=O)c1cc(Br)cc(Br)c1O)NC(c1ccccc1)c1ccccc1. The topological polar surface area (TPSA) is 75.6 Å². The zero-order valence-electron chi connectivity index (χ0n) is 15.1. The van der Waals surface area contributed by atoms with E-state index in [1.807, 2.05) is 60.7 Å². The van der Waals surface area contributed by atoms with Gasteiger partial charge in [-0.15, -0.1) is 0 Å². The molecule has 0 saturated carbocycles. The summed E-state index contributed by atoms with van der Waals surface area (Å²) >= 11 is 6.41. The van der Waals surface area contributed by atoms with E-state index in [0.717, 1.165) is 11.1 Å². The molecule has 0 fully saturated rings. The summed E-state index contributed by atoms with van der Waals surface area (Å²) in [7, 11) is 0. The Morgan fingerprint density at radius 3 is 2.03 bits per heavy atom. The normalized spacial score (nSPS) is 10.6. The van der Waals surface area contributed by atoms with E-state index in [4.69, 9.17) is 4.74 Å². The van der Waals surface area contributed by atoms with E-state index >= 15 is 0 Å². The van der Waals surface area contributed by atoms with Crippen molar-refractivity contribution in [2.75, 3.05) is 6.61 Å². The van der Waals surface area contributed by atoms with Gasteiger partial charge >= 0.3 is 5.97 Å². The van der Waals surface area contributed by atoms with Crippen molar-refractivity contribution in [3.8, 4) is 5.75 Å². The third kappa shape index (κ3) is 5.46. The second kappa shape index (κ2) is 9.71. The molecule has 0 aliphatic rings. The van der Waals surface area contributed by atoms with Crippen molar-refractivity contribution in [2.45, 2.75) is 6.04 Å². The molecule has 0 unspecified atom stereocenters. The fraction of sp³-hybridized carbons (Fsp3) is 0.0909. The number of phenols is 1. The van der Waals surface area contributed by atoms with Crippen molar-refractivity contribution in [3.05, 3.63) is 98.4 Å². The van der Waals surface area contributed by atoms with Crippen molar-refractivity contribution in [1.82, 2.24) is 5.32 Å². The van der Waals surface area contributed by atoms with E-state index in [-0.39, 0.29) is 17.4 Å². The van der Waals surface area contributed by atoms with Crippen LogP contribution in [-0.2, 0) is 9.53 Å². The average Bonchev–Trinajstić information content (AvgIpc) is 2.74. The maximum Gasteiger partial charge on any atom is 0.342 e. The minimum atomic E-state index is -0.796. The lowest BCUT2D eigenvalue weighted by Gasteiger charge is -2.20. The molecule has 0 aliphatic carbocycles. The van der Waals surface area contributed by atoms with E-state index in [1.54, 1.807) is 6.07 Å². The molecular formula is C22H17Br2NO4. The van der Waals surface area contributed by atoms with Crippen molar-refractivity contribution in [1.29, 1.82) is 0 Å². The first-order valence-corrected chi connectivity index (χ1v) is 10.3. The first-order valence-electron chi connectivity index (χ1n) is 8.70. The van der Waals surface area contributed by atoms with Crippen LogP contribution in [0.1, 0.15) is 27.5 Å². The number of nitrogens with one attached hydrogen (secondary N) is 1. The highest BCUT2D eigenvalue weighted by Crippen LogP contribution is 2.32. The van der Waals surface area contributed by atoms with Gasteiger partial charge < -0.3 is 15.2 Å². The molecule has 0 atom stereocenters. The van der Waals surface area contributed by atoms with E-state index in [9.17, 15) is 14.7 Å². The number of rotatable bonds is 6. The van der Waals surface area contributed by atoms with Crippen LogP contribution in [0.2, 0.25) is 0 Å². The Labute approximate surface area is 185 Å². The lowest BCUT2D eigenvalue weighted by Crippen LogP contribution is -2.33. The van der Waals surface area contributed by atoms with Crippen molar-refractivity contribution >= 4 is 43.7 Å². The molecule has 3 aromatic rings. The van der Waals surface area contributed by atoms with E-state index in [1.165, 1.54) is 6.07 Å². The molecular weight excluding hydrogens is 502 g/mol. The molecule has 2 N–H and O–H groups in total. The number of esters is 1. The Morgan fingerprint density at radius 1 is 0.931 bits per heavy atom. The first-order chi connectivity index (χ1) is 14.0. The quantitative estimate of drug-likeness (QED) is 0.451. The molecule has 7 heteroatoms. The highest BCUT2D eigenvalue weighted by Gasteiger charge is 2.20. The predicted molar refractivity (Wildman–Crippen MR) is 117 cm³/mol. The van der Waals surface area contributed by atoms with Gasteiger partial charge in [-0.25, -0.2) is 4.79 Å². The van der Waals surface area contributed by atoms with Crippen LogP contribution in [0.5, 0.6) is 5.75 Å². The van der Waals surface area contributed by atoms with Gasteiger partial charge in [0.25, 0.3) is 5.91 Å². The molecule has 0 bridgehead atoms. The van der Waals surface area contributed by atoms with Gasteiger partial charge in [-0.3, -0.25) is 4.79 Å². The monoisotopic (exact) mass is 517 g/mol. The molecule has 1 amide bonds. The number of halogens is 2. The highest BCUT2D eigenvalue weighted by molar-refractivity contribution is 9.11. The molecule has 3 rings (SSSR count). The lowest BCUT2D eigenvalue weighted by molar-refractivity contribution is -0.124. The summed E-state index contributed by atoms with van der Waals surface area (Å²) < 4.78 is 6.03. The number of phenolic OH excluding ortho intramolecular Hbond substituents is 1. The third-order valence-corrected chi connectivity index (χ3v) is 5.22. The van der Waals surface area contributed by atoms with E-state index in [2.05, 4.69) is 37.2 Å². The lowest BCUT2D eigenvalue weighted by atomic mass is 9.99.